The van der Waals surface area contributed by atoms with Gasteiger partial charge in [0.1, 0.15) is 6.04 Å². The van der Waals surface area contributed by atoms with E-state index in [0.29, 0.717) is 22.3 Å². The number of hydrogen-bond acceptors (Lipinski definition) is 3. The molecule has 31 heavy (non-hydrogen) atoms. The molecule has 0 unspecified atom stereocenters. The molecule has 0 fully saturated rings. The molecule has 0 aliphatic rings. The summed E-state index contributed by atoms with van der Waals surface area (Å²) >= 11 is 17.0. The minimum atomic E-state index is -0.573. The quantitative estimate of drug-likeness (QED) is 0.380. The summed E-state index contributed by atoms with van der Waals surface area (Å²) in [7, 11) is 0. The lowest BCUT2D eigenvalue weighted by Gasteiger charge is -2.29. The fourth-order valence-corrected chi connectivity index (χ4v) is 4.25. The first-order valence-corrected chi connectivity index (χ1v) is 12.8. The third-order valence-electron chi connectivity index (χ3n) is 4.91. The molecule has 0 aromatic heterocycles. The van der Waals surface area contributed by atoms with Crippen LogP contribution in [0.15, 0.2) is 46.9 Å². The number of benzene rings is 2. The van der Waals surface area contributed by atoms with Crippen LogP contribution in [0.25, 0.3) is 0 Å². The van der Waals surface area contributed by atoms with Gasteiger partial charge in [0.2, 0.25) is 11.8 Å². The van der Waals surface area contributed by atoms with Crippen LogP contribution in [0.5, 0.6) is 0 Å². The predicted molar refractivity (Wildman–Crippen MR) is 135 cm³/mol. The van der Waals surface area contributed by atoms with Crippen molar-refractivity contribution >= 4 is 62.7 Å². The van der Waals surface area contributed by atoms with Gasteiger partial charge in [0.15, 0.2) is 0 Å². The average Bonchev–Trinajstić information content (AvgIpc) is 2.75. The van der Waals surface area contributed by atoms with Gasteiger partial charge in [-0.2, -0.15) is 0 Å². The number of carbonyl (C=O) groups is 2. The monoisotopic (exact) mass is 544 g/mol. The molecule has 2 rings (SSSR count). The Balaban J connectivity index is 2.07. The van der Waals surface area contributed by atoms with E-state index in [1.807, 2.05) is 50.2 Å². The molecular formula is C23H27BrCl2N2O2S. The fourth-order valence-electron chi connectivity index (χ4n) is 2.80. The zero-order valence-electron chi connectivity index (χ0n) is 17.8. The Morgan fingerprint density at radius 1 is 1.06 bits per heavy atom. The fraction of sp³-hybridized carbons (Fsp3) is 0.391. The largest absolute Gasteiger partial charge is 0.352 e. The average molecular weight is 546 g/mol. The van der Waals surface area contributed by atoms with Crippen LogP contribution in [0, 0.1) is 0 Å². The molecule has 0 heterocycles. The smallest absolute Gasteiger partial charge is 0.242 e. The van der Waals surface area contributed by atoms with Crippen molar-refractivity contribution in [3.05, 3.63) is 68.1 Å². The van der Waals surface area contributed by atoms with Gasteiger partial charge in [-0.15, -0.1) is 11.8 Å². The molecule has 4 nitrogen and oxygen atoms in total. The van der Waals surface area contributed by atoms with Crippen LogP contribution >= 0.6 is 50.9 Å². The Labute approximate surface area is 207 Å². The molecule has 0 aliphatic carbocycles. The van der Waals surface area contributed by atoms with Gasteiger partial charge in [0.05, 0.1) is 15.8 Å². The second-order valence-corrected chi connectivity index (χ2v) is 10.1. The Kier molecular flexibility index (Phi) is 10.7. The van der Waals surface area contributed by atoms with Gasteiger partial charge in [-0.3, -0.25) is 9.59 Å². The topological polar surface area (TPSA) is 49.4 Å². The molecule has 168 valence electrons. The number of rotatable bonds is 10. The van der Waals surface area contributed by atoms with Gasteiger partial charge >= 0.3 is 0 Å². The van der Waals surface area contributed by atoms with Crippen molar-refractivity contribution in [2.75, 3.05) is 5.75 Å². The summed E-state index contributed by atoms with van der Waals surface area (Å²) in [5, 5.41) is 3.98. The van der Waals surface area contributed by atoms with Crippen molar-refractivity contribution in [3.8, 4) is 0 Å². The number of nitrogens with one attached hydrogen (secondary N) is 1. The van der Waals surface area contributed by atoms with E-state index < -0.39 is 6.04 Å². The van der Waals surface area contributed by atoms with E-state index in [-0.39, 0.29) is 23.6 Å². The SMILES string of the molecule is CC[C@H](C)NC(=O)[C@H](C)N(Cc1ccc(Br)cc1)C(=O)CSCc1ccc(Cl)c(Cl)c1. The maximum atomic E-state index is 13.1. The first-order valence-electron chi connectivity index (χ1n) is 10.1. The summed E-state index contributed by atoms with van der Waals surface area (Å²) in [5.74, 6) is 0.661. The van der Waals surface area contributed by atoms with E-state index in [0.717, 1.165) is 22.0 Å². The highest BCUT2D eigenvalue weighted by Crippen LogP contribution is 2.25. The van der Waals surface area contributed by atoms with Crippen LogP contribution in [-0.2, 0) is 21.9 Å². The normalized spacial score (nSPS) is 12.8. The lowest BCUT2D eigenvalue weighted by Crippen LogP contribution is -2.50. The van der Waals surface area contributed by atoms with Crippen molar-refractivity contribution in [3.63, 3.8) is 0 Å². The number of carbonyl (C=O) groups excluding carboxylic acids is 2. The van der Waals surface area contributed by atoms with Crippen molar-refractivity contribution in [2.45, 2.75) is 51.6 Å². The molecule has 2 amide bonds. The maximum absolute atomic E-state index is 13.1. The molecule has 2 aromatic carbocycles. The van der Waals surface area contributed by atoms with Gasteiger partial charge in [-0.25, -0.2) is 0 Å². The maximum Gasteiger partial charge on any atom is 0.242 e. The Morgan fingerprint density at radius 2 is 1.71 bits per heavy atom. The summed E-state index contributed by atoms with van der Waals surface area (Å²) in [6.45, 7) is 6.12. The summed E-state index contributed by atoms with van der Waals surface area (Å²) in [5.41, 5.74) is 1.96. The van der Waals surface area contributed by atoms with Crippen LogP contribution in [0.4, 0.5) is 0 Å². The first-order chi connectivity index (χ1) is 14.7. The van der Waals surface area contributed by atoms with Crippen molar-refractivity contribution in [1.82, 2.24) is 10.2 Å². The van der Waals surface area contributed by atoms with E-state index >= 15 is 0 Å². The molecule has 0 bridgehead atoms. The molecule has 2 atom stereocenters. The van der Waals surface area contributed by atoms with E-state index in [4.69, 9.17) is 23.2 Å². The van der Waals surface area contributed by atoms with Crippen molar-refractivity contribution in [2.24, 2.45) is 0 Å². The molecular weight excluding hydrogens is 519 g/mol. The minimum absolute atomic E-state index is 0.0589. The number of hydrogen-bond donors (Lipinski definition) is 1. The Bertz CT molecular complexity index is 896. The molecule has 1 N–H and O–H groups in total. The highest BCUT2D eigenvalue weighted by atomic mass is 79.9. The van der Waals surface area contributed by atoms with Crippen LogP contribution < -0.4 is 5.32 Å². The van der Waals surface area contributed by atoms with Gasteiger partial charge in [-0.05, 0) is 55.7 Å². The second-order valence-electron chi connectivity index (χ2n) is 7.38. The minimum Gasteiger partial charge on any atom is -0.352 e. The molecule has 0 aliphatic heterocycles. The zero-order chi connectivity index (χ0) is 23.0. The van der Waals surface area contributed by atoms with Crippen LogP contribution in [-0.4, -0.2) is 34.6 Å². The Hall–Kier alpha value is -1.21. The lowest BCUT2D eigenvalue weighted by atomic mass is 10.1. The summed E-state index contributed by atoms with van der Waals surface area (Å²) in [4.78, 5) is 27.5. The van der Waals surface area contributed by atoms with E-state index in [1.165, 1.54) is 11.8 Å². The van der Waals surface area contributed by atoms with Crippen LogP contribution in [0.3, 0.4) is 0 Å². The highest BCUT2D eigenvalue weighted by Gasteiger charge is 2.26. The Morgan fingerprint density at radius 3 is 2.32 bits per heavy atom. The third kappa shape index (κ3) is 8.33. The third-order valence-corrected chi connectivity index (χ3v) is 7.17. The first kappa shape index (κ1) is 26.0. The number of amides is 2. The van der Waals surface area contributed by atoms with Crippen molar-refractivity contribution in [1.29, 1.82) is 0 Å². The number of nitrogens with zero attached hydrogens (tertiary/aromatic N) is 1. The molecule has 0 saturated heterocycles. The molecule has 8 heteroatoms. The van der Waals surface area contributed by atoms with Gasteiger partial charge in [0.25, 0.3) is 0 Å². The van der Waals surface area contributed by atoms with Gasteiger partial charge in [0, 0.05) is 22.8 Å². The highest BCUT2D eigenvalue weighted by molar-refractivity contribution is 9.10. The van der Waals surface area contributed by atoms with Crippen LogP contribution in [0.1, 0.15) is 38.3 Å². The van der Waals surface area contributed by atoms with Gasteiger partial charge in [-0.1, -0.05) is 64.3 Å². The van der Waals surface area contributed by atoms with E-state index in [9.17, 15) is 9.59 Å². The standard InChI is InChI=1S/C23H27BrCl2N2O2S/c1-4-15(2)27-23(30)16(3)28(12-17-5-8-19(24)9-6-17)22(29)14-31-13-18-7-10-20(25)21(26)11-18/h5-11,15-16H,4,12-14H2,1-3H3,(H,27,30)/t15-,16-/m0/s1. The molecule has 0 radical (unpaired) electrons. The summed E-state index contributed by atoms with van der Waals surface area (Å²) < 4.78 is 0.967. The number of thioether (sulfide) groups is 1. The van der Waals surface area contributed by atoms with E-state index in [1.54, 1.807) is 17.9 Å². The van der Waals surface area contributed by atoms with E-state index in [2.05, 4.69) is 21.2 Å². The molecule has 0 spiro atoms. The van der Waals surface area contributed by atoms with Crippen LogP contribution in [0.2, 0.25) is 10.0 Å². The lowest BCUT2D eigenvalue weighted by molar-refractivity contribution is -0.138. The summed E-state index contributed by atoms with van der Waals surface area (Å²) in [6.07, 6.45) is 0.832. The van der Waals surface area contributed by atoms with Gasteiger partial charge < -0.3 is 10.2 Å². The predicted octanol–water partition coefficient (Wildman–Crippen LogP) is 6.32. The zero-order valence-corrected chi connectivity index (χ0v) is 21.7. The number of halogens is 3. The second kappa shape index (κ2) is 12.7. The molecule has 2 aromatic rings. The summed E-state index contributed by atoms with van der Waals surface area (Å²) in [6, 6.07) is 12.7. The molecule has 0 saturated carbocycles. The van der Waals surface area contributed by atoms with Crippen molar-refractivity contribution < 1.29 is 9.59 Å².